The second-order valence-electron chi connectivity index (χ2n) is 4.58. The van der Waals surface area contributed by atoms with Gasteiger partial charge >= 0.3 is 5.69 Å². The second kappa shape index (κ2) is 6.28. The first-order valence-corrected chi connectivity index (χ1v) is 7.32. The lowest BCUT2D eigenvalue weighted by Gasteiger charge is -2.07. The summed E-state index contributed by atoms with van der Waals surface area (Å²) in [5.74, 6) is -0.762. The molecule has 3 aromatic rings. The maximum Gasteiger partial charge on any atom is 0.348 e. The minimum Gasteiger partial charge on any atom is -0.317 e. The van der Waals surface area contributed by atoms with Crippen LogP contribution in [0, 0.1) is 0 Å². The summed E-state index contributed by atoms with van der Waals surface area (Å²) in [4.78, 5) is 26.6. The maximum atomic E-state index is 12.2. The van der Waals surface area contributed by atoms with E-state index >= 15 is 0 Å². The molecular weight excluding hydrogens is 339 g/mol. The van der Waals surface area contributed by atoms with E-state index in [0.29, 0.717) is 5.69 Å². The SMILES string of the molecule is O=C(Nc1c(Cl)cccc1Cl)c1nn(-c2ccccc2)c(=O)[nH]1. The first-order valence-electron chi connectivity index (χ1n) is 6.56. The van der Waals surface area contributed by atoms with Crippen LogP contribution in [0.25, 0.3) is 5.69 Å². The summed E-state index contributed by atoms with van der Waals surface area (Å²) in [5.41, 5.74) is 0.283. The predicted octanol–water partition coefficient (Wildman–Crippen LogP) is 3.12. The van der Waals surface area contributed by atoms with E-state index in [4.69, 9.17) is 23.2 Å². The Morgan fingerprint density at radius 1 is 1.04 bits per heavy atom. The third-order valence-electron chi connectivity index (χ3n) is 3.03. The molecule has 0 fully saturated rings. The summed E-state index contributed by atoms with van der Waals surface area (Å²) in [6.45, 7) is 0. The number of rotatable bonds is 3. The van der Waals surface area contributed by atoms with Crippen LogP contribution in [0.15, 0.2) is 53.3 Å². The molecule has 0 atom stereocenters. The minimum absolute atomic E-state index is 0.144. The van der Waals surface area contributed by atoms with Crippen LogP contribution >= 0.6 is 23.2 Å². The van der Waals surface area contributed by atoms with E-state index in [0.717, 1.165) is 4.68 Å². The molecule has 3 rings (SSSR count). The Kier molecular flexibility index (Phi) is 4.18. The fourth-order valence-electron chi connectivity index (χ4n) is 1.96. The van der Waals surface area contributed by atoms with Crippen LogP contribution in [0.2, 0.25) is 10.0 Å². The molecule has 0 spiro atoms. The topological polar surface area (TPSA) is 79.8 Å². The number of aromatic amines is 1. The van der Waals surface area contributed by atoms with Crippen LogP contribution in [0.1, 0.15) is 10.6 Å². The average molecular weight is 349 g/mol. The number of nitrogens with one attached hydrogen (secondary N) is 2. The van der Waals surface area contributed by atoms with Crippen LogP contribution in [-0.4, -0.2) is 20.7 Å². The van der Waals surface area contributed by atoms with Crippen molar-refractivity contribution in [2.45, 2.75) is 0 Å². The van der Waals surface area contributed by atoms with Crippen molar-refractivity contribution in [3.8, 4) is 5.69 Å². The van der Waals surface area contributed by atoms with E-state index < -0.39 is 11.6 Å². The molecule has 6 nitrogen and oxygen atoms in total. The number of nitrogens with zero attached hydrogens (tertiary/aromatic N) is 2. The maximum absolute atomic E-state index is 12.2. The first kappa shape index (κ1) is 15.3. The van der Waals surface area contributed by atoms with Gasteiger partial charge in [0.15, 0.2) is 0 Å². The Balaban J connectivity index is 1.91. The molecule has 0 aliphatic carbocycles. The van der Waals surface area contributed by atoms with Crippen molar-refractivity contribution in [2.24, 2.45) is 0 Å². The van der Waals surface area contributed by atoms with Crippen molar-refractivity contribution in [2.75, 3.05) is 5.32 Å². The van der Waals surface area contributed by atoms with Crippen LogP contribution in [0.5, 0.6) is 0 Å². The Morgan fingerprint density at radius 3 is 2.35 bits per heavy atom. The Hall–Kier alpha value is -2.57. The molecule has 2 N–H and O–H groups in total. The molecule has 0 unspecified atom stereocenters. The zero-order valence-electron chi connectivity index (χ0n) is 11.6. The number of carbonyl (C=O) groups is 1. The van der Waals surface area contributed by atoms with Gasteiger partial charge < -0.3 is 5.32 Å². The first-order chi connectivity index (χ1) is 11.1. The highest BCUT2D eigenvalue weighted by atomic mass is 35.5. The van der Waals surface area contributed by atoms with Gasteiger partial charge in [0.05, 0.1) is 21.4 Å². The molecule has 1 aromatic heterocycles. The Bertz CT molecular complexity index is 898. The summed E-state index contributed by atoms with van der Waals surface area (Å²) >= 11 is 12.0. The summed E-state index contributed by atoms with van der Waals surface area (Å²) in [6.07, 6.45) is 0. The number of H-pyrrole nitrogens is 1. The van der Waals surface area contributed by atoms with Gasteiger partial charge in [-0.1, -0.05) is 47.5 Å². The number of aromatic nitrogens is 3. The zero-order chi connectivity index (χ0) is 16.4. The zero-order valence-corrected chi connectivity index (χ0v) is 13.1. The van der Waals surface area contributed by atoms with Gasteiger partial charge in [0, 0.05) is 0 Å². The van der Waals surface area contributed by atoms with E-state index in [-0.39, 0.29) is 21.6 Å². The molecule has 0 radical (unpaired) electrons. The third-order valence-corrected chi connectivity index (χ3v) is 3.66. The third kappa shape index (κ3) is 3.13. The summed E-state index contributed by atoms with van der Waals surface area (Å²) in [7, 11) is 0. The van der Waals surface area contributed by atoms with Gasteiger partial charge in [-0.15, -0.1) is 5.10 Å². The van der Waals surface area contributed by atoms with Crippen LogP contribution in [0.4, 0.5) is 5.69 Å². The summed E-state index contributed by atoms with van der Waals surface area (Å²) in [6, 6.07) is 13.6. The molecule has 0 saturated carbocycles. The van der Waals surface area contributed by atoms with Crippen LogP contribution < -0.4 is 11.0 Å². The lowest BCUT2D eigenvalue weighted by atomic mass is 10.3. The molecule has 1 amide bonds. The molecular formula is C15H10Cl2N4O2. The molecule has 0 saturated heterocycles. The molecule has 0 bridgehead atoms. The Labute approximate surface area is 140 Å². The smallest absolute Gasteiger partial charge is 0.317 e. The van der Waals surface area contributed by atoms with Crippen LogP contribution in [0.3, 0.4) is 0 Å². The number of para-hydroxylation sites is 2. The van der Waals surface area contributed by atoms with Crippen LogP contribution in [-0.2, 0) is 0 Å². The number of amides is 1. The second-order valence-corrected chi connectivity index (χ2v) is 5.39. The highest BCUT2D eigenvalue weighted by Crippen LogP contribution is 2.29. The molecule has 1 heterocycles. The van der Waals surface area contributed by atoms with Crippen molar-refractivity contribution >= 4 is 34.8 Å². The molecule has 23 heavy (non-hydrogen) atoms. The lowest BCUT2D eigenvalue weighted by molar-refractivity contribution is 0.101. The van der Waals surface area contributed by atoms with Crippen molar-refractivity contribution in [1.29, 1.82) is 0 Å². The summed E-state index contributed by atoms with van der Waals surface area (Å²) in [5, 5.41) is 7.10. The highest BCUT2D eigenvalue weighted by molar-refractivity contribution is 6.39. The van der Waals surface area contributed by atoms with E-state index in [1.165, 1.54) is 0 Å². The largest absolute Gasteiger partial charge is 0.348 e. The monoisotopic (exact) mass is 348 g/mol. The fraction of sp³-hybridized carbons (Fsp3) is 0. The van der Waals surface area contributed by atoms with Gasteiger partial charge in [-0.3, -0.25) is 9.78 Å². The molecule has 2 aromatic carbocycles. The highest BCUT2D eigenvalue weighted by Gasteiger charge is 2.16. The predicted molar refractivity (Wildman–Crippen MR) is 88.6 cm³/mol. The van der Waals surface area contributed by atoms with Crippen molar-refractivity contribution < 1.29 is 4.79 Å². The van der Waals surface area contributed by atoms with Crippen molar-refractivity contribution in [3.63, 3.8) is 0 Å². The van der Waals surface area contributed by atoms with Gasteiger partial charge in [-0.05, 0) is 24.3 Å². The fourth-order valence-corrected chi connectivity index (χ4v) is 2.45. The number of benzene rings is 2. The number of halogens is 2. The van der Waals surface area contributed by atoms with E-state index in [9.17, 15) is 9.59 Å². The molecule has 8 heteroatoms. The average Bonchev–Trinajstić information content (AvgIpc) is 2.94. The standard InChI is InChI=1S/C15H10Cl2N4O2/c16-10-7-4-8-11(17)12(10)18-14(22)13-19-15(23)21(20-13)9-5-2-1-3-6-9/h1-8H,(H,18,22)(H,19,20,23). The number of hydrogen-bond acceptors (Lipinski definition) is 3. The molecule has 0 aliphatic rings. The number of hydrogen-bond donors (Lipinski definition) is 2. The quantitative estimate of drug-likeness (QED) is 0.762. The normalized spacial score (nSPS) is 10.5. The van der Waals surface area contributed by atoms with Gasteiger partial charge in [0.25, 0.3) is 5.91 Å². The number of carbonyl (C=O) groups excluding carboxylic acids is 1. The molecule has 116 valence electrons. The summed E-state index contributed by atoms with van der Waals surface area (Å²) < 4.78 is 1.10. The minimum atomic E-state index is -0.619. The van der Waals surface area contributed by atoms with Gasteiger partial charge in [0.1, 0.15) is 0 Å². The van der Waals surface area contributed by atoms with Gasteiger partial charge in [-0.25, -0.2) is 4.79 Å². The number of anilines is 1. The Morgan fingerprint density at radius 2 is 1.70 bits per heavy atom. The van der Waals surface area contributed by atoms with E-state index in [2.05, 4.69) is 15.4 Å². The van der Waals surface area contributed by atoms with Gasteiger partial charge in [-0.2, -0.15) is 4.68 Å². The van der Waals surface area contributed by atoms with E-state index in [1.807, 2.05) is 6.07 Å². The van der Waals surface area contributed by atoms with Crippen molar-refractivity contribution in [1.82, 2.24) is 14.8 Å². The van der Waals surface area contributed by atoms with Crippen molar-refractivity contribution in [3.05, 3.63) is 74.9 Å². The van der Waals surface area contributed by atoms with Gasteiger partial charge in [0.2, 0.25) is 5.82 Å². The molecule has 0 aliphatic heterocycles. The van der Waals surface area contributed by atoms with E-state index in [1.54, 1.807) is 42.5 Å². The lowest BCUT2D eigenvalue weighted by Crippen LogP contribution is -2.16.